The van der Waals surface area contributed by atoms with Crippen LogP contribution >= 0.6 is 0 Å². The van der Waals surface area contributed by atoms with E-state index >= 15 is 0 Å². The van der Waals surface area contributed by atoms with Crippen LogP contribution in [0, 0.1) is 0 Å². The normalized spacial score (nSPS) is 18.6. The summed E-state index contributed by atoms with van der Waals surface area (Å²) in [6, 6.07) is 12.8. The van der Waals surface area contributed by atoms with Gasteiger partial charge in [-0.25, -0.2) is 0 Å². The molecule has 2 aliphatic heterocycles. The van der Waals surface area contributed by atoms with Gasteiger partial charge in [-0.15, -0.1) is 0 Å². The molecule has 1 amide bonds. The number of rotatable bonds is 2. The third-order valence-corrected chi connectivity index (χ3v) is 4.75. The molecule has 2 aliphatic rings. The fraction of sp³-hybridized carbons (Fsp3) is 0.333. The van der Waals surface area contributed by atoms with Gasteiger partial charge in [-0.05, 0) is 29.7 Å². The molecule has 1 saturated heterocycles. The predicted molar refractivity (Wildman–Crippen MR) is 84.5 cm³/mol. The number of likely N-dealkylation sites (tertiary alicyclic amines) is 1. The van der Waals surface area contributed by atoms with E-state index in [1.807, 2.05) is 4.90 Å². The summed E-state index contributed by atoms with van der Waals surface area (Å²) in [5, 5.41) is 0. The fourth-order valence-electron chi connectivity index (χ4n) is 3.36. The number of amides is 1. The summed E-state index contributed by atoms with van der Waals surface area (Å²) in [6.07, 6.45) is 4.46. The number of fused-ring (bicyclic) bond motifs is 1. The molecule has 4 rings (SSSR count). The van der Waals surface area contributed by atoms with E-state index in [0.717, 1.165) is 38.2 Å². The van der Waals surface area contributed by atoms with Gasteiger partial charge in [0.25, 0.3) is 5.91 Å². The Morgan fingerprint density at radius 2 is 1.77 bits per heavy atom. The van der Waals surface area contributed by atoms with E-state index < -0.39 is 0 Å². The van der Waals surface area contributed by atoms with Crippen LogP contribution in [-0.4, -0.2) is 46.4 Å². The number of benzene rings is 1. The van der Waals surface area contributed by atoms with E-state index in [1.165, 1.54) is 11.1 Å². The first-order chi connectivity index (χ1) is 10.8. The molecule has 3 heterocycles. The molecule has 4 heteroatoms. The van der Waals surface area contributed by atoms with Gasteiger partial charge in [0, 0.05) is 50.2 Å². The Bertz CT molecular complexity index is 680. The van der Waals surface area contributed by atoms with Crippen LogP contribution < -0.4 is 0 Å². The number of hydrogen-bond donors (Lipinski definition) is 0. The number of pyridine rings is 1. The number of nitrogens with zero attached hydrogens (tertiary/aromatic N) is 3. The lowest BCUT2D eigenvalue weighted by Gasteiger charge is -2.47. The second kappa shape index (κ2) is 5.54. The van der Waals surface area contributed by atoms with Crippen LogP contribution in [0.25, 0.3) is 0 Å². The SMILES string of the molecule is O=C(c1ccncc1)N1CC(N2CCc3ccccc3C2)C1. The lowest BCUT2D eigenvalue weighted by molar-refractivity contribution is 0.0218. The van der Waals surface area contributed by atoms with Crippen molar-refractivity contribution in [2.75, 3.05) is 19.6 Å². The Labute approximate surface area is 130 Å². The van der Waals surface area contributed by atoms with Gasteiger partial charge in [-0.2, -0.15) is 0 Å². The van der Waals surface area contributed by atoms with Gasteiger partial charge in [-0.3, -0.25) is 14.7 Å². The zero-order valence-corrected chi connectivity index (χ0v) is 12.5. The van der Waals surface area contributed by atoms with Crippen LogP contribution in [0.4, 0.5) is 0 Å². The lowest BCUT2D eigenvalue weighted by atomic mass is 9.96. The Hall–Kier alpha value is -2.20. The Balaban J connectivity index is 1.37. The average molecular weight is 293 g/mol. The molecule has 4 nitrogen and oxygen atoms in total. The first-order valence-corrected chi connectivity index (χ1v) is 7.81. The van der Waals surface area contributed by atoms with Gasteiger partial charge in [0.05, 0.1) is 0 Å². The van der Waals surface area contributed by atoms with Gasteiger partial charge in [0.2, 0.25) is 0 Å². The standard InChI is InChI=1S/C18H19N3O/c22-18(15-5-8-19-9-6-15)21-12-17(13-21)20-10-7-14-3-1-2-4-16(14)11-20/h1-6,8-9,17H,7,10-13H2. The molecule has 1 fully saturated rings. The monoisotopic (exact) mass is 293 g/mol. The molecule has 0 saturated carbocycles. The highest BCUT2D eigenvalue weighted by Crippen LogP contribution is 2.25. The molecule has 0 atom stereocenters. The minimum atomic E-state index is 0.121. The van der Waals surface area contributed by atoms with Crippen LogP contribution in [0.3, 0.4) is 0 Å². The molecule has 1 aromatic carbocycles. The summed E-state index contributed by atoms with van der Waals surface area (Å²) in [5.74, 6) is 0.121. The first-order valence-electron chi connectivity index (χ1n) is 7.81. The summed E-state index contributed by atoms with van der Waals surface area (Å²) in [4.78, 5) is 20.7. The quantitative estimate of drug-likeness (QED) is 0.849. The lowest BCUT2D eigenvalue weighted by Crippen LogP contribution is -2.61. The minimum absolute atomic E-state index is 0.121. The van der Waals surface area contributed by atoms with Crippen molar-refractivity contribution in [1.29, 1.82) is 0 Å². The Morgan fingerprint density at radius 3 is 2.55 bits per heavy atom. The number of carbonyl (C=O) groups is 1. The molecular weight excluding hydrogens is 274 g/mol. The summed E-state index contributed by atoms with van der Waals surface area (Å²) < 4.78 is 0. The van der Waals surface area contributed by atoms with Crippen molar-refractivity contribution >= 4 is 5.91 Å². The highest BCUT2D eigenvalue weighted by molar-refractivity contribution is 5.94. The molecule has 0 N–H and O–H groups in total. The highest BCUT2D eigenvalue weighted by Gasteiger charge is 2.36. The van der Waals surface area contributed by atoms with Gasteiger partial charge >= 0.3 is 0 Å². The van der Waals surface area contributed by atoms with Crippen LogP contribution in [0.5, 0.6) is 0 Å². The smallest absolute Gasteiger partial charge is 0.254 e. The van der Waals surface area contributed by atoms with E-state index in [0.29, 0.717) is 6.04 Å². The molecule has 0 spiro atoms. The zero-order chi connectivity index (χ0) is 14.9. The van der Waals surface area contributed by atoms with Crippen molar-refractivity contribution < 1.29 is 4.79 Å². The van der Waals surface area contributed by atoms with E-state index in [1.54, 1.807) is 24.5 Å². The summed E-state index contributed by atoms with van der Waals surface area (Å²) in [7, 11) is 0. The van der Waals surface area contributed by atoms with E-state index in [-0.39, 0.29) is 5.91 Å². The largest absolute Gasteiger partial charge is 0.335 e. The van der Waals surface area contributed by atoms with Crippen molar-refractivity contribution in [3.05, 3.63) is 65.5 Å². The first kappa shape index (κ1) is 13.5. The summed E-state index contributed by atoms with van der Waals surface area (Å²) in [6.45, 7) is 3.78. The number of carbonyl (C=O) groups excluding carboxylic acids is 1. The third kappa shape index (κ3) is 2.40. The van der Waals surface area contributed by atoms with Crippen LogP contribution in [0.1, 0.15) is 21.5 Å². The third-order valence-electron chi connectivity index (χ3n) is 4.75. The minimum Gasteiger partial charge on any atom is -0.335 e. The average Bonchev–Trinajstić information content (AvgIpc) is 2.54. The molecule has 0 aliphatic carbocycles. The van der Waals surface area contributed by atoms with Crippen molar-refractivity contribution in [3.8, 4) is 0 Å². The maximum atomic E-state index is 12.3. The molecule has 112 valence electrons. The van der Waals surface area contributed by atoms with Crippen molar-refractivity contribution in [3.63, 3.8) is 0 Å². The molecular formula is C18H19N3O. The molecule has 22 heavy (non-hydrogen) atoms. The van der Waals surface area contributed by atoms with Gasteiger partial charge in [0.1, 0.15) is 0 Å². The van der Waals surface area contributed by atoms with Crippen molar-refractivity contribution in [2.24, 2.45) is 0 Å². The Kier molecular flexibility index (Phi) is 3.39. The topological polar surface area (TPSA) is 36.4 Å². The highest BCUT2D eigenvalue weighted by atomic mass is 16.2. The molecule has 0 unspecified atom stereocenters. The van der Waals surface area contributed by atoms with Crippen LogP contribution in [-0.2, 0) is 13.0 Å². The van der Waals surface area contributed by atoms with Gasteiger partial charge in [-0.1, -0.05) is 24.3 Å². The maximum Gasteiger partial charge on any atom is 0.254 e. The Morgan fingerprint density at radius 1 is 1.05 bits per heavy atom. The van der Waals surface area contributed by atoms with Crippen LogP contribution in [0.2, 0.25) is 0 Å². The second-order valence-corrected chi connectivity index (χ2v) is 6.09. The predicted octanol–water partition coefficient (Wildman–Crippen LogP) is 1.96. The second-order valence-electron chi connectivity index (χ2n) is 6.09. The molecule has 0 bridgehead atoms. The van der Waals surface area contributed by atoms with Crippen molar-refractivity contribution in [2.45, 2.75) is 19.0 Å². The molecule has 0 radical (unpaired) electrons. The fourth-order valence-corrected chi connectivity index (χ4v) is 3.36. The van der Waals surface area contributed by atoms with E-state index in [9.17, 15) is 4.79 Å². The molecule has 1 aromatic heterocycles. The maximum absolute atomic E-state index is 12.3. The van der Waals surface area contributed by atoms with E-state index in [2.05, 4.69) is 34.1 Å². The van der Waals surface area contributed by atoms with Gasteiger partial charge in [0.15, 0.2) is 0 Å². The number of aromatic nitrogens is 1. The van der Waals surface area contributed by atoms with E-state index in [4.69, 9.17) is 0 Å². The summed E-state index contributed by atoms with van der Waals surface area (Å²) >= 11 is 0. The molecule has 2 aromatic rings. The zero-order valence-electron chi connectivity index (χ0n) is 12.5. The number of hydrogen-bond acceptors (Lipinski definition) is 3. The van der Waals surface area contributed by atoms with Gasteiger partial charge < -0.3 is 4.90 Å². The summed E-state index contributed by atoms with van der Waals surface area (Å²) in [5.41, 5.74) is 3.65. The van der Waals surface area contributed by atoms with Crippen molar-refractivity contribution in [1.82, 2.24) is 14.8 Å². The van der Waals surface area contributed by atoms with Crippen LogP contribution in [0.15, 0.2) is 48.8 Å².